The Kier molecular flexibility index (Phi) is 6.16. The van der Waals surface area contributed by atoms with Crippen LogP contribution in [0.2, 0.25) is 0 Å². The van der Waals surface area contributed by atoms with E-state index in [-0.39, 0.29) is 18.4 Å². The number of carbonyl (C=O) groups excluding carboxylic acids is 1. The maximum atomic E-state index is 12.7. The first kappa shape index (κ1) is 19.0. The van der Waals surface area contributed by atoms with Gasteiger partial charge in [0.05, 0.1) is 7.11 Å². The fourth-order valence-corrected chi connectivity index (χ4v) is 3.32. The van der Waals surface area contributed by atoms with Gasteiger partial charge in [-0.3, -0.25) is 4.79 Å². The quantitative estimate of drug-likeness (QED) is 0.852. The zero-order valence-corrected chi connectivity index (χ0v) is 15.9. The van der Waals surface area contributed by atoms with Crippen molar-refractivity contribution < 1.29 is 14.6 Å². The highest BCUT2D eigenvalue weighted by molar-refractivity contribution is 5.94. The predicted molar refractivity (Wildman–Crippen MR) is 106 cm³/mol. The number of aryl methyl sites for hydroxylation is 1. The number of aliphatic hydroxyl groups is 1. The molecule has 2 aromatic rings. The number of aliphatic hydroxyl groups excluding tert-OH is 1. The molecule has 4 heteroatoms. The lowest BCUT2D eigenvalue weighted by Crippen LogP contribution is -2.40. The minimum Gasteiger partial charge on any atom is -0.497 e. The number of rotatable bonds is 3. The van der Waals surface area contributed by atoms with Gasteiger partial charge in [0, 0.05) is 36.4 Å². The average molecular weight is 363 g/mol. The van der Waals surface area contributed by atoms with Gasteiger partial charge < -0.3 is 14.7 Å². The Morgan fingerprint density at radius 2 is 2.00 bits per heavy atom. The molecule has 1 aliphatic rings. The summed E-state index contributed by atoms with van der Waals surface area (Å²) >= 11 is 0. The van der Waals surface area contributed by atoms with E-state index >= 15 is 0 Å². The van der Waals surface area contributed by atoms with Crippen LogP contribution in [0.1, 0.15) is 39.9 Å². The molecule has 3 rings (SSSR count). The lowest BCUT2D eigenvalue weighted by Gasteiger charge is -2.31. The van der Waals surface area contributed by atoms with Crippen LogP contribution in [0, 0.1) is 24.7 Å². The number of hydrogen-bond acceptors (Lipinski definition) is 3. The largest absolute Gasteiger partial charge is 0.497 e. The van der Waals surface area contributed by atoms with E-state index in [1.165, 1.54) is 0 Å². The van der Waals surface area contributed by atoms with E-state index in [1.807, 2.05) is 54.3 Å². The molecule has 1 aliphatic heterocycles. The van der Waals surface area contributed by atoms with E-state index in [2.05, 4.69) is 11.8 Å². The number of nitrogens with zero attached hydrogens (tertiary/aromatic N) is 1. The Balaban J connectivity index is 1.70. The Morgan fingerprint density at radius 1 is 1.22 bits per heavy atom. The SMILES string of the molecule is COc1ccc(C#Cc2ccc(C(=O)N3CCCC(CO)C3)cc2)c(C)c1. The molecule has 2 aromatic carbocycles. The van der Waals surface area contributed by atoms with Gasteiger partial charge in [-0.15, -0.1) is 0 Å². The summed E-state index contributed by atoms with van der Waals surface area (Å²) in [6, 6.07) is 13.2. The molecule has 1 unspecified atom stereocenters. The minimum atomic E-state index is 0.0265. The number of likely N-dealkylation sites (tertiary alicyclic amines) is 1. The molecule has 1 fully saturated rings. The third kappa shape index (κ3) is 4.69. The van der Waals surface area contributed by atoms with Gasteiger partial charge in [0.15, 0.2) is 0 Å². The maximum absolute atomic E-state index is 12.7. The number of methoxy groups -OCH3 is 1. The zero-order valence-electron chi connectivity index (χ0n) is 15.9. The number of benzene rings is 2. The van der Waals surface area contributed by atoms with E-state index in [1.54, 1.807) is 7.11 Å². The van der Waals surface area contributed by atoms with Crippen LogP contribution in [0.4, 0.5) is 0 Å². The molecule has 0 aliphatic carbocycles. The van der Waals surface area contributed by atoms with Crippen molar-refractivity contribution in [2.75, 3.05) is 26.8 Å². The summed E-state index contributed by atoms with van der Waals surface area (Å²) in [5.74, 6) is 7.37. The summed E-state index contributed by atoms with van der Waals surface area (Å²) in [7, 11) is 1.65. The summed E-state index contributed by atoms with van der Waals surface area (Å²) in [6.07, 6.45) is 1.93. The Labute approximate surface area is 160 Å². The van der Waals surface area contributed by atoms with Crippen molar-refractivity contribution in [3.8, 4) is 17.6 Å². The van der Waals surface area contributed by atoms with Gasteiger partial charge in [0.2, 0.25) is 0 Å². The number of ether oxygens (including phenoxy) is 1. The topological polar surface area (TPSA) is 49.8 Å². The van der Waals surface area contributed by atoms with Gasteiger partial charge in [0.1, 0.15) is 5.75 Å². The van der Waals surface area contributed by atoms with Crippen LogP contribution < -0.4 is 4.74 Å². The van der Waals surface area contributed by atoms with Crippen molar-refractivity contribution in [2.24, 2.45) is 5.92 Å². The normalized spacial score (nSPS) is 16.4. The molecule has 1 heterocycles. The predicted octanol–water partition coefficient (Wildman–Crippen LogP) is 3.25. The highest BCUT2D eigenvalue weighted by atomic mass is 16.5. The Bertz CT molecular complexity index is 861. The third-order valence-corrected chi connectivity index (χ3v) is 4.97. The molecule has 1 saturated heterocycles. The standard InChI is InChI=1S/C23H25NO3/c1-17-14-22(27-2)12-11-20(17)8-5-18-6-9-21(10-7-18)23(26)24-13-3-4-19(15-24)16-25/h6-7,9-12,14,19,25H,3-4,13,15-16H2,1-2H3. The van der Waals surface area contributed by atoms with E-state index in [9.17, 15) is 9.90 Å². The molecule has 0 saturated carbocycles. The number of piperidine rings is 1. The summed E-state index contributed by atoms with van der Waals surface area (Å²) < 4.78 is 5.21. The van der Waals surface area contributed by atoms with Crippen molar-refractivity contribution in [1.29, 1.82) is 0 Å². The molecule has 1 amide bonds. The van der Waals surface area contributed by atoms with Crippen LogP contribution in [-0.4, -0.2) is 42.7 Å². The van der Waals surface area contributed by atoms with Crippen LogP contribution in [0.5, 0.6) is 5.75 Å². The van der Waals surface area contributed by atoms with E-state index < -0.39 is 0 Å². The van der Waals surface area contributed by atoms with Crippen LogP contribution in [0.3, 0.4) is 0 Å². The maximum Gasteiger partial charge on any atom is 0.253 e. The molecular formula is C23H25NO3. The summed E-state index contributed by atoms with van der Waals surface area (Å²) in [5.41, 5.74) is 3.56. The van der Waals surface area contributed by atoms with Crippen LogP contribution in [0.25, 0.3) is 0 Å². The van der Waals surface area contributed by atoms with Crippen molar-refractivity contribution in [1.82, 2.24) is 4.90 Å². The number of amides is 1. The van der Waals surface area contributed by atoms with E-state index in [4.69, 9.17) is 4.74 Å². The summed E-state index contributed by atoms with van der Waals surface area (Å²) in [6.45, 7) is 3.54. The summed E-state index contributed by atoms with van der Waals surface area (Å²) in [5, 5.41) is 9.34. The Hall–Kier alpha value is -2.77. The molecule has 4 nitrogen and oxygen atoms in total. The minimum absolute atomic E-state index is 0.0265. The number of carbonyl (C=O) groups is 1. The molecule has 0 bridgehead atoms. The zero-order chi connectivity index (χ0) is 19.2. The first-order valence-electron chi connectivity index (χ1n) is 9.27. The van der Waals surface area contributed by atoms with E-state index in [0.717, 1.165) is 41.8 Å². The first-order valence-corrected chi connectivity index (χ1v) is 9.27. The summed E-state index contributed by atoms with van der Waals surface area (Å²) in [4.78, 5) is 14.5. The Morgan fingerprint density at radius 3 is 2.67 bits per heavy atom. The monoisotopic (exact) mass is 363 g/mol. The second-order valence-electron chi connectivity index (χ2n) is 6.95. The molecular weight excluding hydrogens is 338 g/mol. The van der Waals surface area contributed by atoms with Crippen molar-refractivity contribution in [2.45, 2.75) is 19.8 Å². The van der Waals surface area contributed by atoms with Crippen LogP contribution in [-0.2, 0) is 0 Å². The molecule has 0 radical (unpaired) electrons. The lowest BCUT2D eigenvalue weighted by molar-refractivity contribution is 0.0620. The first-order chi connectivity index (χ1) is 13.1. The average Bonchev–Trinajstić information content (AvgIpc) is 2.72. The van der Waals surface area contributed by atoms with Crippen molar-refractivity contribution >= 4 is 5.91 Å². The number of hydrogen-bond donors (Lipinski definition) is 1. The highest BCUT2D eigenvalue weighted by Crippen LogP contribution is 2.19. The van der Waals surface area contributed by atoms with Gasteiger partial charge in [-0.1, -0.05) is 11.8 Å². The second-order valence-corrected chi connectivity index (χ2v) is 6.95. The van der Waals surface area contributed by atoms with Crippen LogP contribution >= 0.6 is 0 Å². The van der Waals surface area contributed by atoms with Gasteiger partial charge >= 0.3 is 0 Å². The molecule has 0 aromatic heterocycles. The van der Waals surface area contributed by atoms with Crippen LogP contribution in [0.15, 0.2) is 42.5 Å². The second kappa shape index (κ2) is 8.75. The smallest absolute Gasteiger partial charge is 0.253 e. The van der Waals surface area contributed by atoms with Gasteiger partial charge in [0.25, 0.3) is 5.91 Å². The molecule has 27 heavy (non-hydrogen) atoms. The lowest BCUT2D eigenvalue weighted by atomic mass is 9.98. The molecule has 0 spiro atoms. The fraction of sp³-hybridized carbons (Fsp3) is 0.348. The van der Waals surface area contributed by atoms with E-state index in [0.29, 0.717) is 12.1 Å². The van der Waals surface area contributed by atoms with Gasteiger partial charge in [-0.2, -0.15) is 0 Å². The highest BCUT2D eigenvalue weighted by Gasteiger charge is 2.23. The van der Waals surface area contributed by atoms with Gasteiger partial charge in [-0.25, -0.2) is 0 Å². The third-order valence-electron chi connectivity index (χ3n) is 4.97. The molecule has 1 N–H and O–H groups in total. The van der Waals surface area contributed by atoms with Crippen molar-refractivity contribution in [3.63, 3.8) is 0 Å². The van der Waals surface area contributed by atoms with Gasteiger partial charge in [-0.05, 0) is 73.7 Å². The fourth-order valence-electron chi connectivity index (χ4n) is 3.32. The van der Waals surface area contributed by atoms with Crippen molar-refractivity contribution in [3.05, 3.63) is 64.7 Å². The molecule has 1 atom stereocenters. The molecule has 140 valence electrons.